The number of carbonyl (C=O) groups is 1. The summed E-state index contributed by atoms with van der Waals surface area (Å²) in [6.07, 6.45) is 2.44. The van der Waals surface area contributed by atoms with Crippen LogP contribution in [0.4, 0.5) is 11.5 Å². The van der Waals surface area contributed by atoms with Crippen LogP contribution in [0.15, 0.2) is 103 Å². The average Bonchev–Trinajstić information content (AvgIpc) is 2.85. The Hall–Kier alpha value is -4.12. The Labute approximate surface area is 188 Å². The van der Waals surface area contributed by atoms with Gasteiger partial charge < -0.3 is 15.4 Å². The lowest BCUT2D eigenvalue weighted by Gasteiger charge is -2.12. The maximum atomic E-state index is 12.7. The number of nitrogens with one attached hydrogen (secondary N) is 2. The van der Waals surface area contributed by atoms with Crippen LogP contribution in [0, 0.1) is 0 Å². The van der Waals surface area contributed by atoms with Gasteiger partial charge in [0.15, 0.2) is 0 Å². The lowest BCUT2D eigenvalue weighted by molar-refractivity contribution is 0.0954. The van der Waals surface area contributed by atoms with Crippen LogP contribution in [0.1, 0.15) is 21.5 Å². The summed E-state index contributed by atoms with van der Waals surface area (Å²) >= 11 is 0. The molecule has 1 amide bonds. The number of hydrogen-bond donors (Lipinski definition) is 2. The van der Waals surface area contributed by atoms with E-state index >= 15 is 0 Å². The molecule has 1 aromatic heterocycles. The predicted molar refractivity (Wildman–Crippen MR) is 127 cm³/mol. The molecule has 0 atom stereocenters. The smallest absolute Gasteiger partial charge is 0.255 e. The number of benzene rings is 3. The van der Waals surface area contributed by atoms with Gasteiger partial charge in [-0.15, -0.1) is 0 Å². The molecule has 32 heavy (non-hydrogen) atoms. The van der Waals surface area contributed by atoms with Gasteiger partial charge in [-0.2, -0.15) is 0 Å². The minimum absolute atomic E-state index is 0.153. The van der Waals surface area contributed by atoms with Crippen molar-refractivity contribution in [1.29, 1.82) is 0 Å². The van der Waals surface area contributed by atoms with Gasteiger partial charge in [-0.25, -0.2) is 4.98 Å². The van der Waals surface area contributed by atoms with Gasteiger partial charge in [0.2, 0.25) is 0 Å². The molecule has 3 aromatic carbocycles. The monoisotopic (exact) mass is 423 g/mol. The van der Waals surface area contributed by atoms with Gasteiger partial charge in [0.25, 0.3) is 5.91 Å². The zero-order chi connectivity index (χ0) is 22.0. The topological polar surface area (TPSA) is 63.2 Å². The Morgan fingerprint density at radius 1 is 0.781 bits per heavy atom. The molecular weight excluding hydrogens is 398 g/mol. The molecule has 1 heterocycles. The first kappa shape index (κ1) is 21.1. The normalized spacial score (nSPS) is 10.4. The highest BCUT2D eigenvalue weighted by Gasteiger charge is 2.12. The zero-order valence-electron chi connectivity index (χ0n) is 17.7. The molecule has 0 aliphatic rings. The zero-order valence-corrected chi connectivity index (χ0v) is 17.7. The summed E-state index contributed by atoms with van der Waals surface area (Å²) in [5, 5.41) is 6.21. The third-order valence-corrected chi connectivity index (χ3v) is 4.96. The van der Waals surface area contributed by atoms with Crippen molar-refractivity contribution in [2.45, 2.75) is 13.0 Å². The second-order valence-corrected chi connectivity index (χ2v) is 7.31. The first-order chi connectivity index (χ1) is 15.8. The number of amides is 1. The third kappa shape index (κ3) is 5.95. The van der Waals surface area contributed by atoms with Gasteiger partial charge in [0.05, 0.1) is 5.56 Å². The van der Waals surface area contributed by atoms with Crippen LogP contribution in [0.25, 0.3) is 0 Å². The van der Waals surface area contributed by atoms with E-state index in [0.29, 0.717) is 24.5 Å². The van der Waals surface area contributed by atoms with Crippen LogP contribution in [0.2, 0.25) is 0 Å². The summed E-state index contributed by atoms with van der Waals surface area (Å²) in [5.41, 5.74) is 3.64. The van der Waals surface area contributed by atoms with E-state index in [-0.39, 0.29) is 5.91 Å². The lowest BCUT2D eigenvalue weighted by atomic mass is 10.1. The molecule has 4 aromatic rings. The Bertz CT molecular complexity index is 1130. The van der Waals surface area contributed by atoms with Crippen molar-refractivity contribution in [1.82, 2.24) is 10.3 Å². The predicted octanol–water partition coefficient (Wildman–Crippen LogP) is 5.38. The Morgan fingerprint density at radius 2 is 1.47 bits per heavy atom. The molecule has 5 heteroatoms. The molecule has 0 aliphatic carbocycles. The lowest BCUT2D eigenvalue weighted by Crippen LogP contribution is -2.26. The first-order valence-corrected chi connectivity index (χ1v) is 10.6. The standard InChI is InChI=1S/C27H25N3O2/c31-27(29-19-17-21-8-3-1-4-9-21)25-12-7-18-28-26(25)30-23-13-15-24(16-14-23)32-20-22-10-5-2-6-11-22/h1-16,18H,17,19-20H2,(H,28,30)(H,29,31). The molecule has 2 N–H and O–H groups in total. The number of ether oxygens (including phenoxy) is 1. The summed E-state index contributed by atoms with van der Waals surface area (Å²) in [7, 11) is 0. The van der Waals surface area contributed by atoms with Crippen molar-refractivity contribution in [3.63, 3.8) is 0 Å². The Morgan fingerprint density at radius 3 is 2.19 bits per heavy atom. The molecule has 0 fully saturated rings. The van der Waals surface area contributed by atoms with Crippen molar-refractivity contribution in [3.8, 4) is 5.75 Å². The van der Waals surface area contributed by atoms with Crippen molar-refractivity contribution >= 4 is 17.4 Å². The van der Waals surface area contributed by atoms with Gasteiger partial charge in [-0.05, 0) is 53.9 Å². The largest absolute Gasteiger partial charge is 0.489 e. The molecule has 5 nitrogen and oxygen atoms in total. The highest BCUT2D eigenvalue weighted by molar-refractivity contribution is 5.99. The van der Waals surface area contributed by atoms with Crippen molar-refractivity contribution in [2.24, 2.45) is 0 Å². The summed E-state index contributed by atoms with van der Waals surface area (Å²) in [6.45, 7) is 1.08. The van der Waals surface area contributed by atoms with Crippen molar-refractivity contribution < 1.29 is 9.53 Å². The summed E-state index contributed by atoms with van der Waals surface area (Å²) in [6, 6.07) is 31.3. The molecule has 160 valence electrons. The van der Waals surface area contributed by atoms with E-state index in [4.69, 9.17) is 4.74 Å². The molecule has 0 bridgehead atoms. The van der Waals surface area contributed by atoms with Crippen molar-refractivity contribution in [3.05, 3.63) is 120 Å². The van der Waals surface area contributed by atoms with E-state index in [2.05, 4.69) is 27.8 Å². The number of anilines is 2. The molecule has 0 saturated carbocycles. The third-order valence-electron chi connectivity index (χ3n) is 4.96. The van der Waals surface area contributed by atoms with Gasteiger partial charge in [0.1, 0.15) is 18.2 Å². The number of nitrogens with zero attached hydrogens (tertiary/aromatic N) is 1. The Balaban J connectivity index is 1.34. The van der Waals surface area contributed by atoms with Crippen LogP contribution in [-0.4, -0.2) is 17.4 Å². The van der Waals surface area contributed by atoms with E-state index in [1.165, 1.54) is 5.56 Å². The van der Waals surface area contributed by atoms with Gasteiger partial charge in [-0.1, -0.05) is 60.7 Å². The van der Waals surface area contributed by atoms with Crippen LogP contribution < -0.4 is 15.4 Å². The van der Waals surface area contributed by atoms with E-state index in [1.807, 2.05) is 72.8 Å². The number of hydrogen-bond acceptors (Lipinski definition) is 4. The minimum Gasteiger partial charge on any atom is -0.489 e. The van der Waals surface area contributed by atoms with E-state index in [9.17, 15) is 4.79 Å². The van der Waals surface area contributed by atoms with Crippen LogP contribution in [0.5, 0.6) is 5.75 Å². The maximum absolute atomic E-state index is 12.7. The molecule has 0 radical (unpaired) electrons. The van der Waals surface area contributed by atoms with E-state index in [0.717, 1.165) is 23.4 Å². The molecule has 0 unspecified atom stereocenters. The van der Waals surface area contributed by atoms with E-state index in [1.54, 1.807) is 18.3 Å². The summed E-state index contributed by atoms with van der Waals surface area (Å²) < 4.78 is 5.83. The number of carbonyl (C=O) groups excluding carboxylic acids is 1. The SMILES string of the molecule is O=C(NCCc1ccccc1)c1cccnc1Nc1ccc(OCc2ccccc2)cc1. The summed E-state index contributed by atoms with van der Waals surface area (Å²) in [4.78, 5) is 17.1. The number of pyridine rings is 1. The number of rotatable bonds is 9. The van der Waals surface area contributed by atoms with Gasteiger partial charge in [-0.3, -0.25) is 4.79 Å². The van der Waals surface area contributed by atoms with E-state index < -0.39 is 0 Å². The van der Waals surface area contributed by atoms with Gasteiger partial charge in [0, 0.05) is 18.4 Å². The van der Waals surface area contributed by atoms with Crippen LogP contribution in [-0.2, 0) is 13.0 Å². The molecule has 0 spiro atoms. The first-order valence-electron chi connectivity index (χ1n) is 10.6. The fourth-order valence-electron chi connectivity index (χ4n) is 3.26. The summed E-state index contributed by atoms with van der Waals surface area (Å²) in [5.74, 6) is 1.14. The number of aromatic nitrogens is 1. The highest BCUT2D eigenvalue weighted by atomic mass is 16.5. The maximum Gasteiger partial charge on any atom is 0.255 e. The molecule has 0 saturated heterocycles. The average molecular weight is 424 g/mol. The van der Waals surface area contributed by atoms with Crippen LogP contribution >= 0.6 is 0 Å². The highest BCUT2D eigenvalue weighted by Crippen LogP contribution is 2.22. The Kier molecular flexibility index (Phi) is 7.11. The fourth-order valence-corrected chi connectivity index (χ4v) is 3.26. The second-order valence-electron chi connectivity index (χ2n) is 7.31. The van der Waals surface area contributed by atoms with Crippen LogP contribution in [0.3, 0.4) is 0 Å². The molecular formula is C27H25N3O2. The van der Waals surface area contributed by atoms with Gasteiger partial charge >= 0.3 is 0 Å². The quantitative estimate of drug-likeness (QED) is 0.380. The second kappa shape index (κ2) is 10.8. The molecule has 4 rings (SSSR count). The minimum atomic E-state index is -0.153. The van der Waals surface area contributed by atoms with Crippen molar-refractivity contribution in [2.75, 3.05) is 11.9 Å². The fraction of sp³-hybridized carbons (Fsp3) is 0.111. The molecule has 0 aliphatic heterocycles.